The van der Waals surface area contributed by atoms with Crippen LogP contribution in [0.1, 0.15) is 154 Å². The maximum Gasteiger partial charge on any atom is 0.413 e. The lowest BCUT2D eigenvalue weighted by molar-refractivity contribution is 0.0623. The minimum Gasteiger partial charge on any atom is -0.444 e. The standard InChI is InChI=1S/C19H31N3O3.C15H22N2O4.C14H23N3O.C4H11N/c1-13(2)22(6)11-16-15(14-9-10-24-12-14)7-8-17(20-16)21-18(23)25-19(3,4)5;1-15(2,3)21-14(19)17-13-5-4-11(12(8-18)16-13)10-6-7-20-9-10;1-10(2)17(3)8-13-12(4-5-14(15)16-13)11-6-7-18-9-11;1-4(2)5-3/h7-8,13-14H,9-12H2,1-6H3,(H,20,21,23);4-5,10,18H,6-9H2,1-3H3,(H,16,17,19);4-5,10-11H,6-9H2,1-3H3,(H2,15,16);4-5H,1-3H3. The molecule has 17 heteroatoms. The number of anilines is 3. The fourth-order valence-corrected chi connectivity index (χ4v) is 7.18. The van der Waals surface area contributed by atoms with Crippen LogP contribution < -0.4 is 21.7 Å². The Morgan fingerprint density at radius 1 is 0.652 bits per heavy atom. The number of rotatable bonds is 13. The molecular formula is C52H87N9O8. The van der Waals surface area contributed by atoms with Crippen LogP contribution in [0.4, 0.5) is 27.0 Å². The van der Waals surface area contributed by atoms with E-state index in [0.29, 0.717) is 59.7 Å². The summed E-state index contributed by atoms with van der Waals surface area (Å²) in [7, 11) is 6.14. The van der Waals surface area contributed by atoms with Crippen LogP contribution in [0.3, 0.4) is 0 Å². The van der Waals surface area contributed by atoms with Crippen LogP contribution in [0.2, 0.25) is 0 Å². The molecule has 0 bridgehead atoms. The maximum absolute atomic E-state index is 12.0. The molecule has 3 aliphatic rings. The van der Waals surface area contributed by atoms with Gasteiger partial charge in [-0.15, -0.1) is 0 Å². The highest BCUT2D eigenvalue weighted by molar-refractivity contribution is 5.84. The SMILES string of the molecule is CC(C)(C)OC(=O)Nc1ccc(C2CCOC2)c(CO)n1.CC(C)N(C)Cc1nc(N)ccc1C1CCOC1.CC(C)N(C)Cc1nc(NC(=O)OC(C)(C)C)ccc1C1CCOC1.CNC(C)C. The molecule has 0 spiro atoms. The molecule has 6 heterocycles. The number of hydrogen-bond acceptors (Lipinski definition) is 15. The predicted molar refractivity (Wildman–Crippen MR) is 275 cm³/mol. The van der Waals surface area contributed by atoms with E-state index in [1.165, 1.54) is 11.1 Å². The van der Waals surface area contributed by atoms with Gasteiger partial charge in [-0.05, 0) is 145 Å². The lowest BCUT2D eigenvalue weighted by atomic mass is 9.96. The maximum atomic E-state index is 12.0. The fourth-order valence-electron chi connectivity index (χ4n) is 7.18. The third-order valence-electron chi connectivity index (χ3n) is 11.7. The molecule has 3 fully saturated rings. The Morgan fingerprint density at radius 3 is 1.32 bits per heavy atom. The van der Waals surface area contributed by atoms with Crippen molar-refractivity contribution < 1.29 is 38.4 Å². The molecule has 0 radical (unpaired) electrons. The molecule has 3 saturated heterocycles. The number of nitrogens with one attached hydrogen (secondary N) is 3. The first-order chi connectivity index (χ1) is 32.4. The molecule has 0 aromatic carbocycles. The van der Waals surface area contributed by atoms with Gasteiger partial charge in [0.25, 0.3) is 0 Å². The summed E-state index contributed by atoms with van der Waals surface area (Å²) in [5.74, 6) is 2.60. The zero-order valence-corrected chi connectivity index (χ0v) is 44.5. The van der Waals surface area contributed by atoms with Crippen LogP contribution in [0.5, 0.6) is 0 Å². The summed E-state index contributed by atoms with van der Waals surface area (Å²) in [5, 5.41) is 17.8. The van der Waals surface area contributed by atoms with Crippen molar-refractivity contribution in [3.63, 3.8) is 0 Å². The van der Waals surface area contributed by atoms with E-state index in [1.54, 1.807) is 26.8 Å². The molecule has 69 heavy (non-hydrogen) atoms. The number of aliphatic hydroxyl groups is 1. The van der Waals surface area contributed by atoms with Gasteiger partial charge in [-0.2, -0.15) is 0 Å². The first kappa shape index (κ1) is 58.8. The lowest BCUT2D eigenvalue weighted by Gasteiger charge is -2.24. The number of pyridine rings is 3. The largest absolute Gasteiger partial charge is 0.444 e. The first-order valence-electron chi connectivity index (χ1n) is 24.6. The van der Waals surface area contributed by atoms with Crippen LogP contribution in [0, 0.1) is 0 Å². The summed E-state index contributed by atoms with van der Waals surface area (Å²) in [4.78, 5) is 41.7. The molecule has 3 aromatic rings. The highest BCUT2D eigenvalue weighted by Gasteiger charge is 2.26. The highest BCUT2D eigenvalue weighted by Crippen LogP contribution is 2.31. The van der Waals surface area contributed by atoms with Crippen molar-refractivity contribution in [3.8, 4) is 0 Å². The van der Waals surface area contributed by atoms with E-state index in [1.807, 2.05) is 46.0 Å². The third-order valence-corrected chi connectivity index (χ3v) is 11.7. The number of aromatic nitrogens is 3. The summed E-state index contributed by atoms with van der Waals surface area (Å²) in [5.41, 5.74) is 10.9. The van der Waals surface area contributed by atoms with Gasteiger partial charge in [0, 0.05) is 68.8 Å². The third kappa shape index (κ3) is 21.6. The monoisotopic (exact) mass is 966 g/mol. The normalized spacial score (nSPS) is 18.1. The predicted octanol–water partition coefficient (Wildman–Crippen LogP) is 8.82. The van der Waals surface area contributed by atoms with E-state index in [9.17, 15) is 14.7 Å². The quantitative estimate of drug-likeness (QED) is 0.108. The summed E-state index contributed by atoms with van der Waals surface area (Å²) in [6.45, 7) is 29.8. The van der Waals surface area contributed by atoms with Gasteiger partial charge in [0.2, 0.25) is 0 Å². The molecule has 2 amide bonds. The molecule has 17 nitrogen and oxygen atoms in total. The number of amides is 2. The van der Waals surface area contributed by atoms with Crippen molar-refractivity contribution in [1.29, 1.82) is 0 Å². The van der Waals surface area contributed by atoms with Crippen molar-refractivity contribution in [3.05, 3.63) is 70.2 Å². The van der Waals surface area contributed by atoms with Crippen molar-refractivity contribution >= 4 is 29.6 Å². The number of aliphatic hydroxyl groups excluding tert-OH is 1. The van der Waals surface area contributed by atoms with E-state index < -0.39 is 23.4 Å². The molecule has 0 aliphatic carbocycles. The van der Waals surface area contributed by atoms with Crippen molar-refractivity contribution in [1.82, 2.24) is 30.1 Å². The van der Waals surface area contributed by atoms with Gasteiger partial charge in [0.15, 0.2) is 0 Å². The summed E-state index contributed by atoms with van der Waals surface area (Å²) < 4.78 is 26.9. The number of carbonyl (C=O) groups excluding carboxylic acids is 2. The molecular weight excluding hydrogens is 879 g/mol. The van der Waals surface area contributed by atoms with Gasteiger partial charge in [-0.25, -0.2) is 24.5 Å². The van der Waals surface area contributed by atoms with Gasteiger partial charge in [0.1, 0.15) is 28.7 Å². The summed E-state index contributed by atoms with van der Waals surface area (Å²) in [6, 6.07) is 13.1. The average Bonchev–Trinajstić information content (AvgIpc) is 4.09. The topological polar surface area (TPSA) is 208 Å². The van der Waals surface area contributed by atoms with Gasteiger partial charge < -0.3 is 39.8 Å². The Labute approximate surface area is 413 Å². The molecule has 0 saturated carbocycles. The molecule has 6 N–H and O–H groups in total. The summed E-state index contributed by atoms with van der Waals surface area (Å²) in [6.07, 6.45) is 1.98. The van der Waals surface area contributed by atoms with E-state index in [2.05, 4.69) is 103 Å². The smallest absolute Gasteiger partial charge is 0.413 e. The Hall–Kier alpha value is -4.49. The van der Waals surface area contributed by atoms with Gasteiger partial charge >= 0.3 is 12.2 Å². The first-order valence-corrected chi connectivity index (χ1v) is 24.6. The van der Waals surface area contributed by atoms with Crippen LogP contribution in [-0.2, 0) is 43.4 Å². The number of ether oxygens (including phenoxy) is 5. The lowest BCUT2D eigenvalue weighted by Crippen LogP contribution is -2.29. The van der Waals surface area contributed by atoms with Crippen LogP contribution in [0.15, 0.2) is 36.4 Å². The van der Waals surface area contributed by atoms with E-state index >= 15 is 0 Å². The molecule has 388 valence electrons. The zero-order valence-electron chi connectivity index (χ0n) is 44.5. The van der Waals surface area contributed by atoms with Crippen molar-refractivity contribution in [2.75, 3.05) is 77.2 Å². The van der Waals surface area contributed by atoms with Gasteiger partial charge in [0.05, 0.1) is 43.5 Å². The van der Waals surface area contributed by atoms with Crippen molar-refractivity contribution in [2.24, 2.45) is 0 Å². The van der Waals surface area contributed by atoms with E-state index in [0.717, 1.165) is 82.3 Å². The van der Waals surface area contributed by atoms with Crippen LogP contribution in [0.25, 0.3) is 0 Å². The zero-order chi connectivity index (χ0) is 51.5. The number of carbonyl (C=O) groups is 2. The minimum absolute atomic E-state index is 0.171. The number of nitrogens with zero attached hydrogens (tertiary/aromatic N) is 5. The Balaban J connectivity index is 0.000000263. The molecule has 3 aliphatic heterocycles. The summed E-state index contributed by atoms with van der Waals surface area (Å²) >= 11 is 0. The Kier molecular flexibility index (Phi) is 24.2. The van der Waals surface area contributed by atoms with Gasteiger partial charge in [-0.3, -0.25) is 20.4 Å². The van der Waals surface area contributed by atoms with Crippen molar-refractivity contribution in [2.45, 2.75) is 169 Å². The number of hydrogen-bond donors (Lipinski definition) is 5. The van der Waals surface area contributed by atoms with Gasteiger partial charge in [-0.1, -0.05) is 32.0 Å². The number of nitrogen functional groups attached to an aromatic ring is 1. The van der Waals surface area contributed by atoms with E-state index in [4.69, 9.17) is 34.4 Å². The second-order valence-electron chi connectivity index (χ2n) is 20.8. The number of nitrogens with two attached hydrogens (primary N) is 1. The molecule has 6 rings (SSSR count). The Bertz CT molecular complexity index is 2000. The second kappa shape index (κ2) is 28.4. The molecule has 3 unspecified atom stereocenters. The van der Waals surface area contributed by atoms with Crippen LogP contribution in [-0.4, -0.2) is 132 Å². The van der Waals surface area contributed by atoms with E-state index in [-0.39, 0.29) is 12.5 Å². The highest BCUT2D eigenvalue weighted by atomic mass is 16.6. The van der Waals surface area contributed by atoms with Crippen LogP contribution >= 0.6 is 0 Å². The Morgan fingerprint density at radius 2 is 1.00 bits per heavy atom. The molecule has 3 atom stereocenters. The molecule has 3 aromatic heterocycles. The second-order valence-corrected chi connectivity index (χ2v) is 20.8. The minimum atomic E-state index is -0.564. The average molecular weight is 966 g/mol. The fraction of sp³-hybridized carbons (Fsp3) is 0.673.